The molecule has 7 heteroatoms. The lowest BCUT2D eigenvalue weighted by Gasteiger charge is -2.35. The van der Waals surface area contributed by atoms with E-state index in [2.05, 4.69) is 16.8 Å². The van der Waals surface area contributed by atoms with Gasteiger partial charge in [-0.3, -0.25) is 4.90 Å². The summed E-state index contributed by atoms with van der Waals surface area (Å²) in [5.41, 5.74) is 0.482. The summed E-state index contributed by atoms with van der Waals surface area (Å²) in [6.07, 6.45) is 2.44. The lowest BCUT2D eigenvalue weighted by molar-refractivity contribution is 0.171. The summed E-state index contributed by atoms with van der Waals surface area (Å²) < 4.78 is 14.1. The van der Waals surface area contributed by atoms with Gasteiger partial charge in [0.1, 0.15) is 5.82 Å². The number of hydrogen-bond donors (Lipinski definition) is 1. The van der Waals surface area contributed by atoms with Gasteiger partial charge in [0.2, 0.25) is 0 Å². The first-order valence-electron chi connectivity index (χ1n) is 6.34. The molecule has 0 saturated carbocycles. The van der Waals surface area contributed by atoms with E-state index in [9.17, 15) is 4.39 Å². The molecule has 2 rings (SSSR count). The van der Waals surface area contributed by atoms with Crippen LogP contribution in [0.15, 0.2) is 24.8 Å². The van der Waals surface area contributed by atoms with Crippen molar-refractivity contribution in [2.24, 2.45) is 0 Å². The predicted octanol–water partition coefficient (Wildman–Crippen LogP) is 4.50. The van der Waals surface area contributed by atoms with E-state index >= 15 is 0 Å². The molecule has 1 saturated heterocycles. The van der Waals surface area contributed by atoms with Gasteiger partial charge in [-0.1, -0.05) is 29.3 Å². The highest BCUT2D eigenvalue weighted by atomic mass is 35.5. The maximum Gasteiger partial charge on any atom is 0.129 e. The van der Waals surface area contributed by atoms with Crippen molar-refractivity contribution in [3.63, 3.8) is 0 Å². The molecule has 1 aliphatic rings. The van der Waals surface area contributed by atoms with E-state index in [1.54, 1.807) is 6.08 Å². The third-order valence-corrected chi connectivity index (χ3v) is 4.21. The number of piperazine rings is 1. The van der Waals surface area contributed by atoms with Crippen molar-refractivity contribution in [2.45, 2.75) is 12.5 Å². The van der Waals surface area contributed by atoms with Crippen LogP contribution in [0.25, 0.3) is 0 Å². The number of hydrogen-bond acceptors (Lipinski definition) is 2. The zero-order valence-electron chi connectivity index (χ0n) is 11.4. The van der Waals surface area contributed by atoms with Gasteiger partial charge in [0.25, 0.3) is 0 Å². The fourth-order valence-corrected chi connectivity index (χ4v) is 2.89. The molecule has 0 radical (unpaired) electrons. The molecule has 0 spiro atoms. The van der Waals surface area contributed by atoms with Crippen molar-refractivity contribution in [2.75, 3.05) is 26.2 Å². The monoisotopic (exact) mass is 374 g/mol. The summed E-state index contributed by atoms with van der Waals surface area (Å²) in [5.74, 6) is -0.306. The highest BCUT2D eigenvalue weighted by molar-refractivity contribution is 6.42. The van der Waals surface area contributed by atoms with Crippen LogP contribution in [-0.4, -0.2) is 31.1 Å². The Morgan fingerprint density at radius 1 is 1.29 bits per heavy atom. The Labute approximate surface area is 147 Å². The number of benzene rings is 1. The van der Waals surface area contributed by atoms with Crippen molar-refractivity contribution < 1.29 is 4.39 Å². The molecule has 1 aromatic rings. The second-order valence-corrected chi connectivity index (χ2v) is 5.37. The van der Waals surface area contributed by atoms with Gasteiger partial charge in [0.15, 0.2) is 0 Å². The molecule has 1 aliphatic heterocycles. The molecule has 1 atom stereocenters. The molecule has 0 amide bonds. The van der Waals surface area contributed by atoms with Crippen LogP contribution in [-0.2, 0) is 0 Å². The number of nitrogens with zero attached hydrogens (tertiary/aromatic N) is 1. The number of rotatable bonds is 4. The van der Waals surface area contributed by atoms with Gasteiger partial charge in [0, 0.05) is 37.8 Å². The summed E-state index contributed by atoms with van der Waals surface area (Å²) in [5, 5.41) is 3.99. The normalized spacial score (nSPS) is 16.5. The Kier molecular flexibility index (Phi) is 9.87. The predicted molar refractivity (Wildman–Crippen MR) is 92.9 cm³/mol. The molecular formula is C14H19Cl4FN2. The summed E-state index contributed by atoms with van der Waals surface area (Å²) in [6, 6.07) is 2.76. The molecule has 2 nitrogen and oxygen atoms in total. The number of nitrogens with one attached hydrogen (secondary N) is 1. The van der Waals surface area contributed by atoms with Gasteiger partial charge in [0.05, 0.1) is 10.0 Å². The summed E-state index contributed by atoms with van der Waals surface area (Å²) in [4.78, 5) is 2.22. The van der Waals surface area contributed by atoms with Crippen LogP contribution in [0.4, 0.5) is 4.39 Å². The van der Waals surface area contributed by atoms with Crippen molar-refractivity contribution in [1.82, 2.24) is 10.2 Å². The second kappa shape index (κ2) is 9.88. The molecule has 21 heavy (non-hydrogen) atoms. The van der Waals surface area contributed by atoms with Crippen LogP contribution in [0, 0.1) is 5.82 Å². The Hall–Kier alpha value is -0.0300. The Morgan fingerprint density at radius 2 is 1.90 bits per heavy atom. The highest BCUT2D eigenvalue weighted by Gasteiger charge is 2.26. The van der Waals surface area contributed by atoms with Crippen LogP contribution in [0.3, 0.4) is 0 Å². The molecule has 1 aromatic carbocycles. The van der Waals surface area contributed by atoms with Gasteiger partial charge >= 0.3 is 0 Å². The Morgan fingerprint density at radius 3 is 2.48 bits per heavy atom. The molecule has 1 fully saturated rings. The van der Waals surface area contributed by atoms with Crippen molar-refractivity contribution in [3.05, 3.63) is 46.2 Å². The van der Waals surface area contributed by atoms with E-state index in [1.165, 1.54) is 12.1 Å². The van der Waals surface area contributed by atoms with E-state index in [0.717, 1.165) is 26.2 Å². The molecule has 1 heterocycles. The largest absolute Gasteiger partial charge is 0.314 e. The van der Waals surface area contributed by atoms with Crippen LogP contribution < -0.4 is 5.32 Å². The quantitative estimate of drug-likeness (QED) is 0.615. The maximum atomic E-state index is 14.1. The molecule has 120 valence electrons. The number of halogens is 5. The fourth-order valence-electron chi connectivity index (χ4n) is 2.45. The van der Waals surface area contributed by atoms with Gasteiger partial charge in [-0.05, 0) is 18.6 Å². The van der Waals surface area contributed by atoms with Crippen molar-refractivity contribution >= 4 is 48.0 Å². The molecule has 0 aromatic heterocycles. The maximum absolute atomic E-state index is 14.1. The average Bonchev–Trinajstić information content (AvgIpc) is 2.43. The Balaban J connectivity index is 0.00000200. The van der Waals surface area contributed by atoms with Crippen molar-refractivity contribution in [1.29, 1.82) is 0 Å². The standard InChI is InChI=1S/C14H17Cl2FN2.2ClH/c1-2-3-12(19-8-6-18-7-9-19)13-11(17)5-4-10(15)14(13)16;;/h2,4-5,12,18H,1,3,6-9H2;2*1H/t12-;;/m1../s1. The lowest BCUT2D eigenvalue weighted by Crippen LogP contribution is -2.45. The average molecular weight is 376 g/mol. The van der Waals surface area contributed by atoms with E-state index in [4.69, 9.17) is 23.2 Å². The van der Waals surface area contributed by atoms with Gasteiger partial charge in [-0.2, -0.15) is 0 Å². The van der Waals surface area contributed by atoms with Gasteiger partial charge < -0.3 is 5.32 Å². The summed E-state index contributed by atoms with van der Waals surface area (Å²) in [6.45, 7) is 7.28. The SMILES string of the molecule is C=CC[C@H](c1c(F)ccc(Cl)c1Cl)N1CCNCC1.Cl.Cl. The van der Waals surface area contributed by atoms with Crippen LogP contribution in [0.2, 0.25) is 10.0 Å². The minimum atomic E-state index is -0.306. The lowest BCUT2D eigenvalue weighted by atomic mass is 10.0. The van der Waals surface area contributed by atoms with E-state index < -0.39 is 0 Å². The third kappa shape index (κ3) is 4.98. The van der Waals surface area contributed by atoms with E-state index in [-0.39, 0.29) is 36.7 Å². The van der Waals surface area contributed by atoms with Crippen LogP contribution in [0.5, 0.6) is 0 Å². The highest BCUT2D eigenvalue weighted by Crippen LogP contribution is 2.36. The zero-order valence-corrected chi connectivity index (χ0v) is 14.6. The van der Waals surface area contributed by atoms with Crippen LogP contribution >= 0.6 is 48.0 Å². The first kappa shape index (κ1) is 21.0. The second-order valence-electron chi connectivity index (χ2n) is 4.58. The minimum absolute atomic E-state index is 0. The van der Waals surface area contributed by atoms with E-state index in [1.807, 2.05) is 0 Å². The Bertz CT molecular complexity index is 465. The minimum Gasteiger partial charge on any atom is -0.314 e. The first-order chi connectivity index (χ1) is 9.15. The molecular weight excluding hydrogens is 357 g/mol. The van der Waals surface area contributed by atoms with Crippen molar-refractivity contribution in [3.8, 4) is 0 Å². The molecule has 1 N–H and O–H groups in total. The molecule has 0 aliphatic carbocycles. The summed E-state index contributed by atoms with van der Waals surface area (Å²) >= 11 is 12.2. The third-order valence-electron chi connectivity index (χ3n) is 3.39. The topological polar surface area (TPSA) is 15.3 Å². The van der Waals surface area contributed by atoms with Gasteiger partial charge in [-0.15, -0.1) is 31.4 Å². The smallest absolute Gasteiger partial charge is 0.129 e. The summed E-state index contributed by atoms with van der Waals surface area (Å²) in [7, 11) is 0. The molecule has 0 unspecified atom stereocenters. The zero-order chi connectivity index (χ0) is 13.8. The first-order valence-corrected chi connectivity index (χ1v) is 7.09. The molecule has 0 bridgehead atoms. The van der Waals surface area contributed by atoms with Gasteiger partial charge in [-0.25, -0.2) is 4.39 Å². The fraction of sp³-hybridized carbons (Fsp3) is 0.429. The van der Waals surface area contributed by atoms with Crippen LogP contribution in [0.1, 0.15) is 18.0 Å². The van der Waals surface area contributed by atoms with E-state index in [0.29, 0.717) is 22.0 Å².